The van der Waals surface area contributed by atoms with Gasteiger partial charge in [-0.05, 0) is 44.2 Å². The lowest BCUT2D eigenvalue weighted by Gasteiger charge is -2.28. The highest BCUT2D eigenvalue weighted by Crippen LogP contribution is 2.31. The molecule has 9 nitrogen and oxygen atoms in total. The molecule has 1 aromatic heterocycles. The topological polar surface area (TPSA) is 103 Å². The second kappa shape index (κ2) is 9.32. The van der Waals surface area contributed by atoms with Gasteiger partial charge in [0.2, 0.25) is 15.9 Å². The highest BCUT2D eigenvalue weighted by atomic mass is 35.5. The van der Waals surface area contributed by atoms with Gasteiger partial charge < -0.3 is 10.1 Å². The van der Waals surface area contributed by atoms with Crippen molar-refractivity contribution in [2.45, 2.75) is 19.9 Å². The van der Waals surface area contributed by atoms with Crippen LogP contribution in [0.5, 0.6) is 5.75 Å². The number of hydrogen-bond acceptors (Lipinski definition) is 5. The van der Waals surface area contributed by atoms with Crippen LogP contribution in [0.4, 0.5) is 11.4 Å². The summed E-state index contributed by atoms with van der Waals surface area (Å²) in [5.74, 6) is -0.300. The number of nitrogens with zero attached hydrogens (tertiary/aromatic N) is 3. The molecule has 1 N–H and O–H groups in total. The van der Waals surface area contributed by atoms with Gasteiger partial charge in [0.1, 0.15) is 17.5 Å². The van der Waals surface area contributed by atoms with Crippen LogP contribution in [0.1, 0.15) is 12.6 Å². The number of carbonyl (C=O) groups is 1. The number of rotatable bonds is 7. The zero-order valence-electron chi connectivity index (χ0n) is 18.9. The summed E-state index contributed by atoms with van der Waals surface area (Å²) in [6, 6.07) is 12.2. The van der Waals surface area contributed by atoms with Crippen molar-refractivity contribution in [1.29, 1.82) is 0 Å². The summed E-state index contributed by atoms with van der Waals surface area (Å²) in [6.07, 6.45) is 0.991. The van der Waals surface area contributed by atoms with Crippen LogP contribution in [0.25, 0.3) is 5.69 Å². The van der Waals surface area contributed by atoms with Crippen LogP contribution in [-0.2, 0) is 21.9 Å². The molecule has 0 aliphatic carbocycles. The molecule has 176 valence electrons. The Morgan fingerprint density at radius 2 is 1.82 bits per heavy atom. The van der Waals surface area contributed by atoms with Gasteiger partial charge in [-0.15, -0.1) is 0 Å². The van der Waals surface area contributed by atoms with Crippen LogP contribution < -0.4 is 19.9 Å². The second-order valence-corrected chi connectivity index (χ2v) is 9.75. The molecule has 0 fully saturated rings. The van der Waals surface area contributed by atoms with Gasteiger partial charge in [0.05, 0.1) is 35.5 Å². The molecule has 0 saturated heterocycles. The number of nitrogens with one attached hydrogen (secondary N) is 1. The van der Waals surface area contributed by atoms with Crippen molar-refractivity contribution in [2.75, 3.05) is 23.0 Å². The van der Waals surface area contributed by atoms with Crippen LogP contribution in [-0.4, -0.2) is 43.1 Å². The number of amides is 1. The van der Waals surface area contributed by atoms with Gasteiger partial charge in [-0.2, -0.15) is 0 Å². The Balaban J connectivity index is 1.98. The van der Waals surface area contributed by atoms with Crippen LogP contribution >= 0.6 is 11.6 Å². The van der Waals surface area contributed by atoms with Gasteiger partial charge >= 0.3 is 0 Å². The maximum Gasteiger partial charge on any atom is 0.295 e. The molecule has 0 radical (unpaired) electrons. The molecular formula is C22H25ClN4O5S. The predicted octanol–water partition coefficient (Wildman–Crippen LogP) is 2.94. The van der Waals surface area contributed by atoms with E-state index in [1.807, 2.05) is 6.07 Å². The molecule has 1 atom stereocenters. The minimum Gasteiger partial charge on any atom is -0.495 e. The Labute approximate surface area is 197 Å². The molecule has 0 bridgehead atoms. The summed E-state index contributed by atoms with van der Waals surface area (Å²) in [4.78, 5) is 26.2. The summed E-state index contributed by atoms with van der Waals surface area (Å²) < 4.78 is 34.2. The van der Waals surface area contributed by atoms with E-state index in [9.17, 15) is 18.0 Å². The molecule has 1 amide bonds. The van der Waals surface area contributed by atoms with Crippen molar-refractivity contribution in [1.82, 2.24) is 9.36 Å². The monoisotopic (exact) mass is 492 g/mol. The fourth-order valence-electron chi connectivity index (χ4n) is 3.54. The lowest BCUT2D eigenvalue weighted by Crippen LogP contribution is -2.45. The SMILES string of the molecule is COc1ccc(N([C@H](C)C(=O)Nc2c(C)n(C)n(-c3ccccc3)c2=O)S(C)(=O)=O)cc1Cl. The average molecular weight is 493 g/mol. The van der Waals surface area contributed by atoms with E-state index in [2.05, 4.69) is 5.32 Å². The lowest BCUT2D eigenvalue weighted by molar-refractivity contribution is -0.116. The van der Waals surface area contributed by atoms with Gasteiger partial charge in [-0.25, -0.2) is 13.1 Å². The first-order valence-electron chi connectivity index (χ1n) is 9.95. The Kier molecular flexibility index (Phi) is 6.89. The fraction of sp³-hybridized carbons (Fsp3) is 0.273. The van der Waals surface area contributed by atoms with Crippen LogP contribution in [0.15, 0.2) is 53.3 Å². The highest BCUT2D eigenvalue weighted by molar-refractivity contribution is 7.92. The van der Waals surface area contributed by atoms with Crippen molar-refractivity contribution in [3.8, 4) is 11.4 Å². The van der Waals surface area contributed by atoms with Crippen LogP contribution in [0, 0.1) is 6.92 Å². The number of aromatic nitrogens is 2. The Morgan fingerprint density at radius 1 is 1.18 bits per heavy atom. The number of benzene rings is 2. The zero-order valence-corrected chi connectivity index (χ0v) is 20.4. The third-order valence-corrected chi connectivity index (χ3v) is 6.82. The number of anilines is 2. The quantitative estimate of drug-likeness (QED) is 0.546. The highest BCUT2D eigenvalue weighted by Gasteiger charge is 2.31. The fourth-order valence-corrected chi connectivity index (χ4v) is 4.96. The Hall–Kier alpha value is -3.24. The Bertz CT molecular complexity index is 1350. The Morgan fingerprint density at radius 3 is 2.36 bits per heavy atom. The minimum absolute atomic E-state index is 0.0689. The van der Waals surface area contributed by atoms with E-state index in [0.29, 0.717) is 17.1 Å². The molecule has 0 saturated carbocycles. The van der Waals surface area contributed by atoms with E-state index in [4.69, 9.17) is 16.3 Å². The molecule has 0 aliphatic rings. The van der Waals surface area contributed by atoms with E-state index < -0.39 is 27.5 Å². The minimum atomic E-state index is -3.87. The number of methoxy groups -OCH3 is 1. The van der Waals surface area contributed by atoms with E-state index in [1.54, 1.807) is 42.9 Å². The zero-order chi connectivity index (χ0) is 24.5. The van der Waals surface area contributed by atoms with Gasteiger partial charge in [-0.3, -0.25) is 18.6 Å². The maximum absolute atomic E-state index is 13.1. The first kappa shape index (κ1) is 24.4. The largest absolute Gasteiger partial charge is 0.495 e. The van der Waals surface area contributed by atoms with Gasteiger partial charge in [-0.1, -0.05) is 29.8 Å². The van der Waals surface area contributed by atoms with Crippen molar-refractivity contribution < 1.29 is 17.9 Å². The smallest absolute Gasteiger partial charge is 0.295 e. The summed E-state index contributed by atoms with van der Waals surface area (Å²) in [5, 5.41) is 2.81. The van der Waals surface area contributed by atoms with Gasteiger partial charge in [0.15, 0.2) is 0 Å². The third-order valence-electron chi connectivity index (χ3n) is 5.28. The summed E-state index contributed by atoms with van der Waals surface area (Å²) in [6.45, 7) is 3.13. The van der Waals surface area contributed by atoms with E-state index >= 15 is 0 Å². The molecule has 33 heavy (non-hydrogen) atoms. The number of halogens is 1. The molecule has 3 rings (SSSR count). The average Bonchev–Trinajstić information content (AvgIpc) is 2.96. The molecule has 2 aromatic carbocycles. The number of hydrogen-bond donors (Lipinski definition) is 1. The van der Waals surface area contributed by atoms with Crippen molar-refractivity contribution >= 4 is 38.9 Å². The predicted molar refractivity (Wildman–Crippen MR) is 129 cm³/mol. The molecule has 11 heteroatoms. The number of para-hydroxylation sites is 1. The number of carbonyl (C=O) groups excluding carboxylic acids is 1. The normalized spacial score (nSPS) is 12.3. The van der Waals surface area contributed by atoms with Gasteiger partial charge in [0, 0.05) is 7.05 Å². The molecule has 0 aliphatic heterocycles. The summed E-state index contributed by atoms with van der Waals surface area (Å²) in [7, 11) is -0.733. The van der Waals surface area contributed by atoms with Crippen LogP contribution in [0.3, 0.4) is 0 Å². The summed E-state index contributed by atoms with van der Waals surface area (Å²) in [5.41, 5.74) is 0.979. The number of sulfonamides is 1. The van der Waals surface area contributed by atoms with E-state index in [0.717, 1.165) is 10.6 Å². The van der Waals surface area contributed by atoms with Crippen LogP contribution in [0.2, 0.25) is 5.02 Å². The summed E-state index contributed by atoms with van der Waals surface area (Å²) >= 11 is 6.16. The number of ether oxygens (including phenoxy) is 1. The van der Waals surface area contributed by atoms with Crippen molar-refractivity contribution in [2.24, 2.45) is 7.05 Å². The van der Waals surface area contributed by atoms with E-state index in [-0.39, 0.29) is 16.4 Å². The maximum atomic E-state index is 13.1. The van der Waals surface area contributed by atoms with Crippen molar-refractivity contribution in [3.63, 3.8) is 0 Å². The van der Waals surface area contributed by atoms with E-state index in [1.165, 1.54) is 36.9 Å². The van der Waals surface area contributed by atoms with Crippen molar-refractivity contribution in [3.05, 3.63) is 69.6 Å². The standard InChI is InChI=1S/C22H25ClN4O5S/c1-14-20(22(29)26(25(14)3)16-9-7-6-8-10-16)24-21(28)15(2)27(33(5,30)31)17-11-12-19(32-4)18(23)13-17/h6-13,15H,1-5H3,(H,24,28)/t15-/m1/s1. The molecule has 0 unspecified atom stereocenters. The third kappa shape index (κ3) is 4.76. The molecular weight excluding hydrogens is 468 g/mol. The van der Waals surface area contributed by atoms with Gasteiger partial charge in [0.25, 0.3) is 5.56 Å². The first-order valence-corrected chi connectivity index (χ1v) is 12.2. The molecule has 0 spiro atoms. The lowest BCUT2D eigenvalue weighted by atomic mass is 10.2. The molecule has 1 heterocycles. The second-order valence-electron chi connectivity index (χ2n) is 7.48. The molecule has 3 aromatic rings. The first-order chi connectivity index (χ1) is 15.5.